The minimum Gasteiger partial charge on any atom is -0.481 e. The van der Waals surface area contributed by atoms with Gasteiger partial charge in [0.2, 0.25) is 10.0 Å². The number of carboxylic acids is 1. The van der Waals surface area contributed by atoms with Crippen LogP contribution < -0.4 is 4.72 Å². The summed E-state index contributed by atoms with van der Waals surface area (Å²) in [5.74, 6) is -0.297. The maximum absolute atomic E-state index is 11.7. The van der Waals surface area contributed by atoms with Crippen molar-refractivity contribution in [1.82, 2.24) is 4.72 Å². The molecule has 0 spiro atoms. The molecule has 0 aromatic rings. The molecule has 0 unspecified atom stereocenters. The van der Waals surface area contributed by atoms with E-state index < -0.39 is 16.0 Å². The van der Waals surface area contributed by atoms with Crippen LogP contribution in [0.1, 0.15) is 53.4 Å². The molecule has 0 amide bonds. The Morgan fingerprint density at radius 1 is 1.26 bits per heavy atom. The van der Waals surface area contributed by atoms with Gasteiger partial charge in [0.05, 0.1) is 5.75 Å². The Morgan fingerprint density at radius 2 is 1.84 bits per heavy atom. The average Bonchev–Trinajstić information content (AvgIpc) is 2.23. The van der Waals surface area contributed by atoms with E-state index in [-0.39, 0.29) is 17.6 Å². The van der Waals surface area contributed by atoms with Gasteiger partial charge >= 0.3 is 5.97 Å². The Kier molecular flexibility index (Phi) is 7.59. The lowest BCUT2D eigenvalue weighted by atomic mass is 9.84. The molecule has 0 rings (SSSR count). The van der Waals surface area contributed by atoms with E-state index in [1.54, 1.807) is 0 Å². The van der Waals surface area contributed by atoms with E-state index in [4.69, 9.17) is 5.11 Å². The van der Waals surface area contributed by atoms with E-state index in [0.29, 0.717) is 31.7 Å². The number of carbonyl (C=O) groups is 1. The first kappa shape index (κ1) is 18.4. The topological polar surface area (TPSA) is 83.5 Å². The van der Waals surface area contributed by atoms with Crippen LogP contribution >= 0.6 is 0 Å². The van der Waals surface area contributed by atoms with Crippen LogP contribution in [-0.4, -0.2) is 31.8 Å². The molecule has 19 heavy (non-hydrogen) atoms. The third-order valence-corrected chi connectivity index (χ3v) is 4.52. The molecule has 0 atom stereocenters. The number of hydrogen-bond donors (Lipinski definition) is 2. The molecule has 0 saturated heterocycles. The lowest BCUT2D eigenvalue weighted by Crippen LogP contribution is -2.30. The molecule has 0 radical (unpaired) electrons. The van der Waals surface area contributed by atoms with Crippen molar-refractivity contribution >= 4 is 16.0 Å². The summed E-state index contributed by atoms with van der Waals surface area (Å²) in [6, 6.07) is 0. The van der Waals surface area contributed by atoms with Crippen molar-refractivity contribution in [3.05, 3.63) is 0 Å². The van der Waals surface area contributed by atoms with Gasteiger partial charge < -0.3 is 5.11 Å². The van der Waals surface area contributed by atoms with Gasteiger partial charge in [0.15, 0.2) is 0 Å². The third kappa shape index (κ3) is 10.9. The molecule has 0 aliphatic rings. The number of hydrogen-bond acceptors (Lipinski definition) is 3. The van der Waals surface area contributed by atoms with Crippen LogP contribution in [0.4, 0.5) is 0 Å². The van der Waals surface area contributed by atoms with Crippen LogP contribution in [0, 0.1) is 11.3 Å². The van der Waals surface area contributed by atoms with Crippen LogP contribution in [0.15, 0.2) is 0 Å². The monoisotopic (exact) mass is 293 g/mol. The predicted octanol–water partition coefficient (Wildman–Crippen LogP) is 2.23. The molecule has 0 aromatic heterocycles. The Morgan fingerprint density at radius 3 is 2.32 bits per heavy atom. The van der Waals surface area contributed by atoms with Crippen LogP contribution in [0.2, 0.25) is 0 Å². The number of carboxylic acid groups (broad SMARTS) is 1. The summed E-state index contributed by atoms with van der Waals surface area (Å²) in [5, 5.41) is 8.64. The Balaban J connectivity index is 4.03. The van der Waals surface area contributed by atoms with Crippen LogP contribution in [0.25, 0.3) is 0 Å². The van der Waals surface area contributed by atoms with Crippen molar-refractivity contribution in [3.8, 4) is 0 Å². The second kappa shape index (κ2) is 7.85. The summed E-state index contributed by atoms with van der Waals surface area (Å²) in [5.41, 5.74) is -0.168. The van der Waals surface area contributed by atoms with Crippen molar-refractivity contribution < 1.29 is 18.3 Å². The zero-order valence-electron chi connectivity index (χ0n) is 12.4. The van der Waals surface area contributed by atoms with E-state index in [2.05, 4.69) is 4.72 Å². The summed E-state index contributed by atoms with van der Waals surface area (Å²) in [4.78, 5) is 10.5. The first-order valence-electron chi connectivity index (χ1n) is 6.73. The van der Waals surface area contributed by atoms with E-state index >= 15 is 0 Å². The van der Waals surface area contributed by atoms with E-state index in [9.17, 15) is 13.2 Å². The normalized spacial score (nSPS) is 12.9. The molecule has 0 aliphatic carbocycles. The minimum absolute atomic E-state index is 0.118. The smallest absolute Gasteiger partial charge is 0.303 e. The highest BCUT2D eigenvalue weighted by Gasteiger charge is 2.20. The Labute approximate surface area is 116 Å². The highest BCUT2D eigenvalue weighted by Crippen LogP contribution is 2.26. The quantitative estimate of drug-likeness (QED) is 0.647. The maximum Gasteiger partial charge on any atom is 0.303 e. The van der Waals surface area contributed by atoms with Gasteiger partial charge in [-0.25, -0.2) is 13.1 Å². The Hall–Kier alpha value is -0.620. The molecule has 0 saturated carbocycles. The first-order chi connectivity index (χ1) is 8.54. The largest absolute Gasteiger partial charge is 0.481 e. The summed E-state index contributed by atoms with van der Waals surface area (Å²) in [6.07, 6.45) is 1.96. The molecule has 0 heterocycles. The third-order valence-electron chi connectivity index (χ3n) is 3.10. The lowest BCUT2D eigenvalue weighted by Gasteiger charge is -2.23. The zero-order valence-corrected chi connectivity index (χ0v) is 13.2. The molecule has 114 valence electrons. The molecule has 5 nitrogen and oxygen atoms in total. The van der Waals surface area contributed by atoms with Gasteiger partial charge in [0.1, 0.15) is 0 Å². The van der Waals surface area contributed by atoms with E-state index in [0.717, 1.165) is 0 Å². The van der Waals surface area contributed by atoms with Gasteiger partial charge in [-0.05, 0) is 30.6 Å². The predicted molar refractivity (Wildman–Crippen MR) is 76.5 cm³/mol. The van der Waals surface area contributed by atoms with Crippen molar-refractivity contribution in [3.63, 3.8) is 0 Å². The lowest BCUT2D eigenvalue weighted by molar-refractivity contribution is -0.137. The van der Waals surface area contributed by atoms with Gasteiger partial charge in [-0.15, -0.1) is 0 Å². The van der Waals surface area contributed by atoms with Crippen molar-refractivity contribution in [2.45, 2.75) is 53.4 Å². The number of rotatable bonds is 10. The highest BCUT2D eigenvalue weighted by atomic mass is 32.2. The van der Waals surface area contributed by atoms with Gasteiger partial charge in [0, 0.05) is 13.0 Å². The molecule has 0 bridgehead atoms. The standard InChI is InChI=1S/C13H27NO4S/c1-11(2)6-10-19(17,18)14-9-8-13(3,4)7-5-12(15)16/h11,14H,5-10H2,1-4H3,(H,15,16). The summed E-state index contributed by atoms with van der Waals surface area (Å²) >= 11 is 0. The van der Waals surface area contributed by atoms with Gasteiger partial charge in [0.25, 0.3) is 0 Å². The summed E-state index contributed by atoms with van der Waals surface area (Å²) < 4.78 is 25.9. The SMILES string of the molecule is CC(C)CCS(=O)(=O)NCCC(C)(C)CCC(=O)O. The summed E-state index contributed by atoms with van der Waals surface area (Å²) in [7, 11) is -3.20. The maximum atomic E-state index is 11.7. The minimum atomic E-state index is -3.20. The van der Waals surface area contributed by atoms with E-state index in [1.165, 1.54) is 0 Å². The molecule has 0 fully saturated rings. The fourth-order valence-corrected chi connectivity index (χ4v) is 2.92. The van der Waals surface area contributed by atoms with Crippen LogP contribution in [0.3, 0.4) is 0 Å². The number of nitrogens with one attached hydrogen (secondary N) is 1. The van der Waals surface area contributed by atoms with E-state index in [1.807, 2.05) is 27.7 Å². The molecular weight excluding hydrogens is 266 g/mol. The van der Waals surface area contributed by atoms with Crippen LogP contribution in [0.5, 0.6) is 0 Å². The van der Waals surface area contributed by atoms with Crippen molar-refractivity contribution in [2.75, 3.05) is 12.3 Å². The number of sulfonamides is 1. The molecule has 0 aliphatic heterocycles. The molecule has 2 N–H and O–H groups in total. The summed E-state index contributed by atoms with van der Waals surface area (Å²) in [6.45, 7) is 8.26. The first-order valence-corrected chi connectivity index (χ1v) is 8.38. The van der Waals surface area contributed by atoms with Gasteiger partial charge in [-0.3, -0.25) is 4.79 Å². The van der Waals surface area contributed by atoms with Crippen molar-refractivity contribution in [1.29, 1.82) is 0 Å². The fourth-order valence-electron chi connectivity index (χ4n) is 1.58. The Bertz CT molecular complexity index is 374. The zero-order chi connectivity index (χ0) is 15.1. The molecule has 0 aromatic carbocycles. The second-order valence-corrected chi connectivity index (χ2v) is 8.13. The fraction of sp³-hybridized carbons (Fsp3) is 0.923. The highest BCUT2D eigenvalue weighted by molar-refractivity contribution is 7.89. The number of aliphatic carboxylic acids is 1. The van der Waals surface area contributed by atoms with Gasteiger partial charge in [-0.1, -0.05) is 27.7 Å². The average molecular weight is 293 g/mol. The van der Waals surface area contributed by atoms with Gasteiger partial charge in [-0.2, -0.15) is 0 Å². The molecule has 6 heteroatoms. The van der Waals surface area contributed by atoms with Crippen LogP contribution in [-0.2, 0) is 14.8 Å². The molecular formula is C13H27NO4S. The second-order valence-electron chi connectivity index (χ2n) is 6.20. The van der Waals surface area contributed by atoms with Crippen molar-refractivity contribution in [2.24, 2.45) is 11.3 Å².